The Morgan fingerprint density at radius 2 is 2.06 bits per heavy atom. The van der Waals surface area contributed by atoms with Crippen LogP contribution in [0.4, 0.5) is 0 Å². The molecular weight excluding hydrogens is 264 g/mol. The molecule has 0 amide bonds. The number of hydrogen-bond acceptors (Lipinski definition) is 2. The van der Waals surface area contributed by atoms with E-state index in [4.69, 9.17) is 0 Å². The number of pyridine rings is 1. The first-order chi connectivity index (χ1) is 7.40. The maximum Gasteiger partial charge on any atom is 0.0419 e. The van der Waals surface area contributed by atoms with Gasteiger partial charge in [0.1, 0.15) is 0 Å². The predicted octanol–water partition coefficient (Wildman–Crippen LogP) is 3.41. The monoisotopic (exact) mass is 284 g/mol. The van der Waals surface area contributed by atoms with Gasteiger partial charge in [0.2, 0.25) is 0 Å². The molecule has 0 aliphatic rings. The van der Waals surface area contributed by atoms with Gasteiger partial charge in [-0.15, -0.1) is 0 Å². The van der Waals surface area contributed by atoms with Crippen molar-refractivity contribution < 1.29 is 0 Å². The fourth-order valence-electron chi connectivity index (χ4n) is 1.80. The minimum absolute atomic E-state index is 0.350. The van der Waals surface area contributed by atoms with Crippen molar-refractivity contribution in [3.8, 4) is 0 Å². The third kappa shape index (κ3) is 5.08. The highest BCUT2D eigenvalue weighted by atomic mass is 79.9. The van der Waals surface area contributed by atoms with Crippen LogP contribution in [0, 0.1) is 5.41 Å². The molecule has 1 aromatic rings. The molecule has 1 rings (SSSR count). The van der Waals surface area contributed by atoms with Crippen molar-refractivity contribution in [2.75, 3.05) is 7.05 Å². The van der Waals surface area contributed by atoms with Gasteiger partial charge in [-0.05, 0) is 46.9 Å². The van der Waals surface area contributed by atoms with Gasteiger partial charge in [-0.1, -0.05) is 20.8 Å². The number of nitrogens with one attached hydrogen (secondary N) is 1. The van der Waals surface area contributed by atoms with E-state index in [1.165, 1.54) is 0 Å². The van der Waals surface area contributed by atoms with Crippen molar-refractivity contribution in [2.24, 2.45) is 5.41 Å². The first-order valence-electron chi connectivity index (χ1n) is 5.68. The van der Waals surface area contributed by atoms with Crippen LogP contribution in [0.3, 0.4) is 0 Å². The Balaban J connectivity index is 2.60. The highest BCUT2D eigenvalue weighted by molar-refractivity contribution is 9.10. The molecule has 0 aliphatic carbocycles. The number of hydrogen-bond donors (Lipinski definition) is 1. The molecule has 0 radical (unpaired) electrons. The topological polar surface area (TPSA) is 24.9 Å². The van der Waals surface area contributed by atoms with E-state index in [1.54, 1.807) is 0 Å². The Morgan fingerprint density at radius 1 is 1.38 bits per heavy atom. The van der Waals surface area contributed by atoms with Gasteiger partial charge in [0, 0.05) is 28.8 Å². The van der Waals surface area contributed by atoms with Crippen molar-refractivity contribution in [1.82, 2.24) is 10.3 Å². The summed E-state index contributed by atoms with van der Waals surface area (Å²) >= 11 is 3.40. The van der Waals surface area contributed by atoms with E-state index in [0.717, 1.165) is 23.0 Å². The molecule has 0 fully saturated rings. The van der Waals surface area contributed by atoms with Crippen molar-refractivity contribution >= 4 is 15.9 Å². The van der Waals surface area contributed by atoms with Crippen LogP contribution in [0.2, 0.25) is 0 Å². The van der Waals surface area contributed by atoms with Crippen LogP contribution < -0.4 is 5.32 Å². The zero-order chi connectivity index (χ0) is 12.2. The average Bonchev–Trinajstić information content (AvgIpc) is 2.18. The summed E-state index contributed by atoms with van der Waals surface area (Å²) in [5.74, 6) is 0. The lowest BCUT2D eigenvalue weighted by molar-refractivity contribution is 0.315. The Kier molecular flexibility index (Phi) is 4.93. The van der Waals surface area contributed by atoms with Gasteiger partial charge in [0.05, 0.1) is 0 Å². The van der Waals surface area contributed by atoms with Crippen LogP contribution >= 0.6 is 15.9 Å². The summed E-state index contributed by atoms with van der Waals surface area (Å²) in [5.41, 5.74) is 1.50. The first kappa shape index (κ1) is 13.7. The Hall–Kier alpha value is -0.410. The number of rotatable bonds is 4. The highest BCUT2D eigenvalue weighted by Gasteiger charge is 2.17. The van der Waals surface area contributed by atoms with E-state index < -0.39 is 0 Å². The second-order valence-corrected chi connectivity index (χ2v) is 6.34. The standard InChI is InChI=1S/C13H21BrN2/c1-13(2,3)8-12(15-4)7-11-6-5-10(14)9-16-11/h5-6,9,12,15H,7-8H2,1-4H3. The molecule has 0 saturated heterocycles. The molecule has 2 nitrogen and oxygen atoms in total. The van der Waals surface area contributed by atoms with Crippen LogP contribution in [0.1, 0.15) is 32.9 Å². The Morgan fingerprint density at radius 3 is 2.50 bits per heavy atom. The molecule has 0 aliphatic heterocycles. The smallest absolute Gasteiger partial charge is 0.0419 e. The summed E-state index contributed by atoms with van der Waals surface area (Å²) in [4.78, 5) is 4.41. The van der Waals surface area contributed by atoms with Gasteiger partial charge in [0.15, 0.2) is 0 Å². The summed E-state index contributed by atoms with van der Waals surface area (Å²) in [6.45, 7) is 6.81. The van der Waals surface area contributed by atoms with Crippen LogP contribution in [0.25, 0.3) is 0 Å². The normalized spacial score (nSPS) is 13.8. The van der Waals surface area contributed by atoms with E-state index in [2.05, 4.69) is 53.1 Å². The molecule has 1 unspecified atom stereocenters. The quantitative estimate of drug-likeness (QED) is 0.917. The average molecular weight is 285 g/mol. The first-order valence-corrected chi connectivity index (χ1v) is 6.48. The molecule has 0 aromatic carbocycles. The zero-order valence-corrected chi connectivity index (χ0v) is 12.1. The van der Waals surface area contributed by atoms with Gasteiger partial charge in [-0.2, -0.15) is 0 Å². The SMILES string of the molecule is CNC(Cc1ccc(Br)cn1)CC(C)(C)C. The molecule has 1 aromatic heterocycles. The highest BCUT2D eigenvalue weighted by Crippen LogP contribution is 2.22. The van der Waals surface area contributed by atoms with Crippen molar-refractivity contribution in [3.63, 3.8) is 0 Å². The Bertz CT molecular complexity index is 314. The summed E-state index contributed by atoms with van der Waals surface area (Å²) in [5, 5.41) is 3.37. The maximum absolute atomic E-state index is 4.41. The second-order valence-electron chi connectivity index (χ2n) is 5.42. The van der Waals surface area contributed by atoms with Crippen LogP contribution in [0.5, 0.6) is 0 Å². The largest absolute Gasteiger partial charge is 0.317 e. The molecule has 3 heteroatoms. The number of nitrogens with zero attached hydrogens (tertiary/aromatic N) is 1. The third-order valence-electron chi connectivity index (χ3n) is 2.51. The van der Waals surface area contributed by atoms with E-state index >= 15 is 0 Å². The molecule has 0 bridgehead atoms. The number of likely N-dealkylation sites (N-methyl/N-ethyl adjacent to an activating group) is 1. The summed E-state index contributed by atoms with van der Waals surface area (Å²) in [6, 6.07) is 4.62. The molecule has 1 heterocycles. The second kappa shape index (κ2) is 5.78. The fraction of sp³-hybridized carbons (Fsp3) is 0.615. The minimum Gasteiger partial charge on any atom is -0.317 e. The van der Waals surface area contributed by atoms with E-state index in [0.29, 0.717) is 11.5 Å². The van der Waals surface area contributed by atoms with Gasteiger partial charge in [0.25, 0.3) is 0 Å². The van der Waals surface area contributed by atoms with Crippen LogP contribution in [0.15, 0.2) is 22.8 Å². The molecule has 90 valence electrons. The lowest BCUT2D eigenvalue weighted by Gasteiger charge is -2.25. The van der Waals surface area contributed by atoms with Gasteiger partial charge >= 0.3 is 0 Å². The number of aromatic nitrogens is 1. The summed E-state index contributed by atoms with van der Waals surface area (Å²) in [6.07, 6.45) is 4.00. The molecule has 16 heavy (non-hydrogen) atoms. The zero-order valence-electron chi connectivity index (χ0n) is 10.5. The maximum atomic E-state index is 4.41. The van der Waals surface area contributed by atoms with Crippen LogP contribution in [-0.4, -0.2) is 18.1 Å². The molecule has 1 atom stereocenters. The third-order valence-corrected chi connectivity index (χ3v) is 2.98. The lowest BCUT2D eigenvalue weighted by Crippen LogP contribution is -2.32. The molecule has 0 spiro atoms. The van der Waals surface area contributed by atoms with E-state index in [-0.39, 0.29) is 0 Å². The summed E-state index contributed by atoms with van der Waals surface area (Å²) < 4.78 is 1.04. The lowest BCUT2D eigenvalue weighted by atomic mass is 9.86. The minimum atomic E-state index is 0.350. The molecule has 1 N–H and O–H groups in total. The predicted molar refractivity (Wildman–Crippen MR) is 72.6 cm³/mol. The number of halogens is 1. The van der Waals surface area contributed by atoms with Gasteiger partial charge in [-0.25, -0.2) is 0 Å². The van der Waals surface area contributed by atoms with Crippen molar-refractivity contribution in [1.29, 1.82) is 0 Å². The van der Waals surface area contributed by atoms with Crippen molar-refractivity contribution in [3.05, 3.63) is 28.5 Å². The molecular formula is C13H21BrN2. The van der Waals surface area contributed by atoms with Gasteiger partial charge in [-0.3, -0.25) is 4.98 Å². The van der Waals surface area contributed by atoms with E-state index in [1.807, 2.05) is 19.3 Å². The fourth-order valence-corrected chi connectivity index (χ4v) is 2.03. The van der Waals surface area contributed by atoms with Gasteiger partial charge < -0.3 is 5.32 Å². The summed E-state index contributed by atoms with van der Waals surface area (Å²) in [7, 11) is 2.02. The van der Waals surface area contributed by atoms with E-state index in [9.17, 15) is 0 Å². The molecule has 0 saturated carbocycles. The van der Waals surface area contributed by atoms with Crippen molar-refractivity contribution in [2.45, 2.75) is 39.7 Å². The Labute approximate surface area is 107 Å². The van der Waals surface area contributed by atoms with Crippen LogP contribution in [-0.2, 0) is 6.42 Å².